The smallest absolute Gasteiger partial charge is 0.409 e. The summed E-state index contributed by atoms with van der Waals surface area (Å²) >= 11 is 0. The second-order valence-electron chi connectivity index (χ2n) is 14.3. The van der Waals surface area contributed by atoms with Gasteiger partial charge < -0.3 is 34.8 Å². The van der Waals surface area contributed by atoms with E-state index < -0.39 is 24.1 Å². The van der Waals surface area contributed by atoms with E-state index in [-0.39, 0.29) is 61.3 Å². The summed E-state index contributed by atoms with van der Waals surface area (Å²) in [5.74, 6) is -0.527. The van der Waals surface area contributed by atoms with Crippen LogP contribution < -0.4 is 15.4 Å². The Morgan fingerprint density at radius 2 is 1.76 bits per heavy atom. The van der Waals surface area contributed by atoms with Crippen molar-refractivity contribution in [2.24, 2.45) is 7.05 Å². The molecule has 1 saturated carbocycles. The van der Waals surface area contributed by atoms with Crippen LogP contribution in [-0.2, 0) is 32.6 Å². The zero-order chi connectivity index (χ0) is 38.2. The Bertz CT molecular complexity index is 1840. The van der Waals surface area contributed by atoms with Gasteiger partial charge in [0.05, 0.1) is 12.1 Å². The van der Waals surface area contributed by atoms with Crippen molar-refractivity contribution >= 4 is 40.6 Å². The molecule has 54 heavy (non-hydrogen) atoms. The van der Waals surface area contributed by atoms with Crippen molar-refractivity contribution in [1.82, 2.24) is 50.5 Å². The van der Waals surface area contributed by atoms with Crippen molar-refractivity contribution in [3.05, 3.63) is 41.3 Å². The second kappa shape index (κ2) is 17.6. The molecule has 2 aliphatic heterocycles. The molecule has 2 saturated heterocycles. The number of ether oxygens (including phenoxy) is 2. The highest BCUT2D eigenvalue weighted by atomic mass is 16.6. The largest absolute Gasteiger partial charge is 0.483 e. The molecule has 5 amide bonds. The van der Waals surface area contributed by atoms with E-state index in [9.17, 15) is 24.0 Å². The molecule has 6 rings (SSSR count). The highest BCUT2D eigenvalue weighted by Gasteiger charge is 2.36. The number of rotatable bonds is 14. The summed E-state index contributed by atoms with van der Waals surface area (Å²) in [6.45, 7) is 5.57. The van der Waals surface area contributed by atoms with Crippen molar-refractivity contribution in [3.8, 4) is 5.75 Å². The number of carbonyl (C=O) groups is 5. The Hall–Kier alpha value is -5.35. The maximum atomic E-state index is 14.0. The molecule has 2 N–H and O–H groups in total. The molecule has 0 spiro atoms. The number of hydrogen-bond acceptors (Lipinski definition) is 11. The van der Waals surface area contributed by atoms with Crippen LogP contribution in [0.5, 0.6) is 5.75 Å². The van der Waals surface area contributed by atoms with E-state index >= 15 is 0 Å². The first-order chi connectivity index (χ1) is 26.1. The fourth-order valence-electron chi connectivity index (χ4n) is 6.90. The van der Waals surface area contributed by atoms with Crippen LogP contribution in [0.3, 0.4) is 0 Å². The third-order valence-electron chi connectivity index (χ3n) is 10.4. The summed E-state index contributed by atoms with van der Waals surface area (Å²) in [4.78, 5) is 76.3. The van der Waals surface area contributed by atoms with Gasteiger partial charge in [-0.2, -0.15) is 0 Å². The summed E-state index contributed by atoms with van der Waals surface area (Å²) in [5, 5.41) is 18.1. The summed E-state index contributed by atoms with van der Waals surface area (Å²) in [7, 11) is 1.70. The standard InChI is InChI=1S/C37H50N10O7/c1-4-5-20-53-37(52)46-18-16-45(17-19-46)36(51)27(13-14-32-41-42-43-44(32)3)40-34(49)29-22-31(26-12-11-24(2)21-28(26)39-29)54-23-33(48)47-15-7-10-30(47)35(50)38-25-8-6-9-25/h11-12,21-22,25,27,30H,4-10,13-20,23H2,1-3H3,(H,38,50)(H,40,49). The summed E-state index contributed by atoms with van der Waals surface area (Å²) < 4.78 is 13.0. The normalized spacial score (nSPS) is 17.9. The van der Waals surface area contributed by atoms with Crippen LogP contribution in [0.15, 0.2) is 24.3 Å². The third-order valence-corrected chi connectivity index (χ3v) is 10.4. The van der Waals surface area contributed by atoms with Gasteiger partial charge in [0.25, 0.3) is 11.8 Å². The molecular weight excluding hydrogens is 696 g/mol. The van der Waals surface area contributed by atoms with Crippen molar-refractivity contribution < 1.29 is 33.4 Å². The van der Waals surface area contributed by atoms with Crippen LogP contribution in [0.4, 0.5) is 4.79 Å². The number of likely N-dealkylation sites (tertiary alicyclic amines) is 1. The molecule has 17 nitrogen and oxygen atoms in total. The second-order valence-corrected chi connectivity index (χ2v) is 14.3. The lowest BCUT2D eigenvalue weighted by molar-refractivity contribution is -0.140. The van der Waals surface area contributed by atoms with Gasteiger partial charge in [-0.3, -0.25) is 19.2 Å². The molecule has 3 fully saturated rings. The lowest BCUT2D eigenvalue weighted by Crippen LogP contribution is -2.56. The van der Waals surface area contributed by atoms with E-state index in [1.165, 1.54) is 10.7 Å². The van der Waals surface area contributed by atoms with Crippen LogP contribution >= 0.6 is 0 Å². The maximum Gasteiger partial charge on any atom is 0.409 e. The maximum absolute atomic E-state index is 14.0. The van der Waals surface area contributed by atoms with Crippen LogP contribution in [-0.4, -0.2) is 134 Å². The molecule has 2 unspecified atom stereocenters. The molecule has 2 atom stereocenters. The minimum atomic E-state index is -0.962. The van der Waals surface area contributed by atoms with Gasteiger partial charge in [0.2, 0.25) is 11.8 Å². The van der Waals surface area contributed by atoms with Crippen molar-refractivity contribution in [3.63, 3.8) is 0 Å². The molecule has 0 radical (unpaired) electrons. The molecule has 1 aromatic carbocycles. The van der Waals surface area contributed by atoms with Crippen molar-refractivity contribution in [2.75, 3.05) is 45.9 Å². The third kappa shape index (κ3) is 9.23. The number of amides is 5. The topological polar surface area (TPSA) is 194 Å². The van der Waals surface area contributed by atoms with Gasteiger partial charge in [0, 0.05) is 63.7 Å². The number of piperazine rings is 1. The highest BCUT2D eigenvalue weighted by Crippen LogP contribution is 2.28. The van der Waals surface area contributed by atoms with E-state index in [0.717, 1.165) is 44.1 Å². The molecule has 2 aromatic heterocycles. The van der Waals surface area contributed by atoms with E-state index in [1.54, 1.807) is 21.7 Å². The van der Waals surface area contributed by atoms with Gasteiger partial charge in [-0.1, -0.05) is 19.4 Å². The molecule has 0 bridgehead atoms. The van der Waals surface area contributed by atoms with Gasteiger partial charge in [-0.15, -0.1) is 5.10 Å². The molecule has 4 heterocycles. The van der Waals surface area contributed by atoms with Gasteiger partial charge in [-0.05, 0) is 80.0 Å². The Morgan fingerprint density at radius 3 is 2.46 bits per heavy atom. The first kappa shape index (κ1) is 38.4. The quantitative estimate of drug-likeness (QED) is 0.229. The minimum Gasteiger partial charge on any atom is -0.483 e. The Morgan fingerprint density at radius 1 is 0.981 bits per heavy atom. The summed E-state index contributed by atoms with van der Waals surface area (Å²) in [6, 6.07) is 5.69. The lowest BCUT2D eigenvalue weighted by Gasteiger charge is -2.36. The Balaban J connectivity index is 1.16. The Labute approximate surface area is 314 Å². The number of aryl methyl sites for hydroxylation is 3. The predicted octanol–water partition coefficient (Wildman–Crippen LogP) is 1.92. The van der Waals surface area contributed by atoms with E-state index in [4.69, 9.17) is 9.47 Å². The summed E-state index contributed by atoms with van der Waals surface area (Å²) in [5.41, 5.74) is 1.40. The SMILES string of the molecule is CCCCOC(=O)N1CCN(C(=O)C(CCc2nnnn2C)NC(=O)c2cc(OCC(=O)N3CCCC3C(=O)NC3CCC3)c3ccc(C)cc3n2)CC1. The molecular formula is C37H50N10O7. The number of pyridine rings is 1. The van der Waals surface area contributed by atoms with Gasteiger partial charge in [-0.25, -0.2) is 14.5 Å². The van der Waals surface area contributed by atoms with Crippen LogP contribution in [0.25, 0.3) is 10.9 Å². The monoisotopic (exact) mass is 746 g/mol. The number of tetrazole rings is 1. The number of nitrogens with one attached hydrogen (secondary N) is 2. The molecule has 1 aliphatic carbocycles. The number of hydrogen-bond donors (Lipinski definition) is 2. The predicted molar refractivity (Wildman–Crippen MR) is 195 cm³/mol. The van der Waals surface area contributed by atoms with E-state index in [0.29, 0.717) is 55.8 Å². The Kier molecular flexibility index (Phi) is 12.5. The van der Waals surface area contributed by atoms with E-state index in [1.807, 2.05) is 32.0 Å². The summed E-state index contributed by atoms with van der Waals surface area (Å²) in [6.07, 6.45) is 6.14. The number of aromatic nitrogens is 5. The van der Waals surface area contributed by atoms with Crippen LogP contribution in [0.1, 0.15) is 80.2 Å². The molecule has 3 aromatic rings. The van der Waals surface area contributed by atoms with Crippen LogP contribution in [0, 0.1) is 6.92 Å². The van der Waals surface area contributed by atoms with Crippen LogP contribution in [0.2, 0.25) is 0 Å². The minimum absolute atomic E-state index is 0.00671. The van der Waals surface area contributed by atoms with Gasteiger partial charge in [0.15, 0.2) is 12.4 Å². The van der Waals surface area contributed by atoms with Gasteiger partial charge >= 0.3 is 6.09 Å². The van der Waals surface area contributed by atoms with E-state index in [2.05, 4.69) is 31.1 Å². The lowest BCUT2D eigenvalue weighted by atomic mass is 9.93. The first-order valence-corrected chi connectivity index (χ1v) is 19.0. The molecule has 17 heteroatoms. The fourth-order valence-corrected chi connectivity index (χ4v) is 6.90. The highest BCUT2D eigenvalue weighted by molar-refractivity contribution is 5.99. The number of benzene rings is 1. The number of nitrogens with zero attached hydrogens (tertiary/aromatic N) is 8. The fraction of sp³-hybridized carbons (Fsp3) is 0.595. The average Bonchev–Trinajstić information content (AvgIpc) is 3.82. The zero-order valence-corrected chi connectivity index (χ0v) is 31.3. The zero-order valence-electron chi connectivity index (χ0n) is 31.3. The number of fused-ring (bicyclic) bond motifs is 1. The first-order valence-electron chi connectivity index (χ1n) is 19.0. The van der Waals surface area contributed by atoms with Crippen molar-refractivity contribution in [1.29, 1.82) is 0 Å². The number of carbonyl (C=O) groups excluding carboxylic acids is 5. The molecule has 290 valence electrons. The average molecular weight is 747 g/mol. The molecule has 3 aliphatic rings. The number of unbranched alkanes of at least 4 members (excludes halogenated alkanes) is 1. The van der Waals surface area contributed by atoms with Crippen molar-refractivity contribution in [2.45, 2.75) is 89.8 Å². The van der Waals surface area contributed by atoms with Gasteiger partial charge in [0.1, 0.15) is 23.5 Å².